The molecule has 6 heteroatoms. The fourth-order valence-electron chi connectivity index (χ4n) is 1.73. The van der Waals surface area contributed by atoms with Gasteiger partial charge in [0.15, 0.2) is 0 Å². The van der Waals surface area contributed by atoms with Crippen LogP contribution in [0.2, 0.25) is 0 Å². The zero-order chi connectivity index (χ0) is 14.7. The van der Waals surface area contributed by atoms with Crippen molar-refractivity contribution in [1.29, 1.82) is 5.26 Å². The van der Waals surface area contributed by atoms with E-state index in [-0.39, 0.29) is 16.9 Å². The minimum atomic E-state index is -0.282. The molecule has 1 atom stereocenters. The fraction of sp³-hybridized carbons (Fsp3) is 0.143. The minimum Gasteiger partial charge on any atom is -0.397 e. The summed E-state index contributed by atoms with van der Waals surface area (Å²) in [5.41, 5.74) is 13.0. The summed E-state index contributed by atoms with van der Waals surface area (Å²) in [6.07, 6.45) is 0. The first-order valence-electron chi connectivity index (χ1n) is 5.89. The molecule has 0 aliphatic heterocycles. The van der Waals surface area contributed by atoms with E-state index in [9.17, 15) is 4.39 Å². The highest BCUT2D eigenvalue weighted by atomic mass is 32.2. The molecule has 0 saturated carbocycles. The van der Waals surface area contributed by atoms with Crippen LogP contribution in [0.5, 0.6) is 0 Å². The lowest BCUT2D eigenvalue weighted by atomic mass is 10.2. The van der Waals surface area contributed by atoms with Gasteiger partial charge < -0.3 is 11.5 Å². The third-order valence-electron chi connectivity index (χ3n) is 2.78. The van der Waals surface area contributed by atoms with Gasteiger partial charge >= 0.3 is 0 Å². The van der Waals surface area contributed by atoms with Crippen LogP contribution in [0.4, 0.5) is 15.9 Å². The summed E-state index contributed by atoms with van der Waals surface area (Å²) in [6.45, 7) is 1.94. The predicted octanol–water partition coefficient (Wildman–Crippen LogP) is 3.11. The molecule has 2 rings (SSSR count). The molecule has 0 amide bonds. The first-order valence-corrected chi connectivity index (χ1v) is 6.77. The molecular weight excluding hydrogens is 275 g/mol. The molecule has 102 valence electrons. The molecule has 0 spiro atoms. The molecule has 20 heavy (non-hydrogen) atoms. The number of halogens is 1. The average Bonchev–Trinajstić information content (AvgIpc) is 2.39. The van der Waals surface area contributed by atoms with Crippen molar-refractivity contribution in [3.63, 3.8) is 0 Å². The molecule has 0 aliphatic carbocycles. The Morgan fingerprint density at radius 2 is 1.95 bits per heavy atom. The maximum Gasteiger partial charge on any atom is 0.126 e. The van der Waals surface area contributed by atoms with Gasteiger partial charge in [-0.1, -0.05) is 23.9 Å². The van der Waals surface area contributed by atoms with E-state index in [1.165, 1.54) is 30.0 Å². The Kier molecular flexibility index (Phi) is 4.11. The van der Waals surface area contributed by atoms with E-state index < -0.39 is 0 Å². The number of hydrogen-bond acceptors (Lipinski definition) is 5. The molecule has 1 unspecified atom stereocenters. The minimum absolute atomic E-state index is 0.00333. The van der Waals surface area contributed by atoms with Crippen molar-refractivity contribution in [3.05, 3.63) is 47.3 Å². The number of nitrogens with two attached hydrogens (primary N) is 2. The molecule has 4 nitrogen and oxygen atoms in total. The molecular formula is C14H13FN4S. The SMILES string of the molecule is CC(Sc1nc(N)cc(N)c1C#N)c1ccc(F)cc1. The average molecular weight is 288 g/mol. The number of hydrogen-bond donors (Lipinski definition) is 2. The Balaban J connectivity index is 2.30. The first kappa shape index (κ1) is 14.2. The highest BCUT2D eigenvalue weighted by Crippen LogP contribution is 2.37. The van der Waals surface area contributed by atoms with Crippen LogP contribution in [-0.2, 0) is 0 Å². The number of thioether (sulfide) groups is 1. The number of nitrogen functional groups attached to an aromatic ring is 2. The van der Waals surface area contributed by atoms with Gasteiger partial charge in [-0.3, -0.25) is 0 Å². The van der Waals surface area contributed by atoms with Crippen molar-refractivity contribution in [3.8, 4) is 6.07 Å². The summed E-state index contributed by atoms with van der Waals surface area (Å²) >= 11 is 1.37. The van der Waals surface area contributed by atoms with Crippen LogP contribution < -0.4 is 11.5 Å². The smallest absolute Gasteiger partial charge is 0.126 e. The zero-order valence-corrected chi connectivity index (χ0v) is 11.6. The van der Waals surface area contributed by atoms with E-state index in [1.54, 1.807) is 12.1 Å². The van der Waals surface area contributed by atoms with Gasteiger partial charge in [0.1, 0.15) is 28.3 Å². The van der Waals surface area contributed by atoms with Crippen molar-refractivity contribution in [2.24, 2.45) is 0 Å². The van der Waals surface area contributed by atoms with Crippen molar-refractivity contribution < 1.29 is 4.39 Å². The molecule has 1 aromatic heterocycles. The fourth-order valence-corrected chi connectivity index (χ4v) is 2.79. The zero-order valence-electron chi connectivity index (χ0n) is 10.8. The van der Waals surface area contributed by atoms with Crippen molar-refractivity contribution in [2.45, 2.75) is 17.2 Å². The summed E-state index contributed by atoms with van der Waals surface area (Å²) in [5, 5.41) is 9.62. The largest absolute Gasteiger partial charge is 0.397 e. The Morgan fingerprint density at radius 3 is 2.55 bits per heavy atom. The second-order valence-electron chi connectivity index (χ2n) is 4.24. The van der Waals surface area contributed by atoms with Crippen molar-refractivity contribution in [2.75, 3.05) is 11.5 Å². The number of benzene rings is 1. The molecule has 0 aliphatic rings. The van der Waals surface area contributed by atoms with E-state index in [1.807, 2.05) is 13.0 Å². The normalized spacial score (nSPS) is 11.8. The third kappa shape index (κ3) is 3.00. The topological polar surface area (TPSA) is 88.7 Å². The Labute approximate surface area is 120 Å². The molecule has 0 saturated heterocycles. The van der Waals surface area contributed by atoms with Crippen LogP contribution in [0, 0.1) is 17.1 Å². The van der Waals surface area contributed by atoms with Gasteiger partial charge in [0.25, 0.3) is 0 Å². The van der Waals surface area contributed by atoms with Gasteiger partial charge in [-0.05, 0) is 24.6 Å². The molecule has 0 radical (unpaired) electrons. The number of pyridine rings is 1. The van der Waals surface area contributed by atoms with Crippen LogP contribution >= 0.6 is 11.8 Å². The van der Waals surface area contributed by atoms with E-state index >= 15 is 0 Å². The molecule has 0 bridgehead atoms. The molecule has 1 aromatic carbocycles. The van der Waals surface area contributed by atoms with Crippen LogP contribution in [0.15, 0.2) is 35.4 Å². The number of nitrogens with zero attached hydrogens (tertiary/aromatic N) is 2. The standard InChI is InChI=1S/C14H13FN4S/c1-8(9-2-4-10(15)5-3-9)20-14-11(7-16)12(17)6-13(18)19-14/h2-6,8H,1H3,(H4,17,18,19). The van der Waals surface area contributed by atoms with Crippen LogP contribution in [0.3, 0.4) is 0 Å². The van der Waals surface area contributed by atoms with Gasteiger partial charge in [-0.15, -0.1) is 0 Å². The van der Waals surface area contributed by atoms with E-state index in [0.29, 0.717) is 16.3 Å². The predicted molar refractivity (Wildman–Crippen MR) is 78.4 cm³/mol. The molecule has 2 aromatic rings. The van der Waals surface area contributed by atoms with E-state index in [0.717, 1.165) is 5.56 Å². The Bertz CT molecular complexity index is 664. The monoisotopic (exact) mass is 288 g/mol. The number of nitriles is 1. The second kappa shape index (κ2) is 5.80. The van der Waals surface area contributed by atoms with Gasteiger partial charge in [-0.25, -0.2) is 9.37 Å². The van der Waals surface area contributed by atoms with E-state index in [4.69, 9.17) is 16.7 Å². The van der Waals surface area contributed by atoms with Gasteiger partial charge in [-0.2, -0.15) is 5.26 Å². The first-order chi connectivity index (χ1) is 9.51. The molecule has 4 N–H and O–H groups in total. The molecule has 1 heterocycles. The van der Waals surface area contributed by atoms with E-state index in [2.05, 4.69) is 4.98 Å². The maximum atomic E-state index is 12.9. The van der Waals surface area contributed by atoms with Gasteiger partial charge in [0.05, 0.1) is 5.69 Å². The summed E-state index contributed by atoms with van der Waals surface area (Å²) in [6, 6.07) is 9.71. The highest BCUT2D eigenvalue weighted by Gasteiger charge is 2.15. The summed E-state index contributed by atoms with van der Waals surface area (Å²) in [4.78, 5) is 4.15. The van der Waals surface area contributed by atoms with Gasteiger partial charge in [0, 0.05) is 11.3 Å². The van der Waals surface area contributed by atoms with Gasteiger partial charge in [0.2, 0.25) is 0 Å². The lowest BCUT2D eigenvalue weighted by Crippen LogP contribution is -2.01. The Hall–Kier alpha value is -2.26. The lowest BCUT2D eigenvalue weighted by molar-refractivity contribution is 0.627. The van der Waals surface area contributed by atoms with Crippen LogP contribution in [-0.4, -0.2) is 4.98 Å². The van der Waals surface area contributed by atoms with Crippen LogP contribution in [0.25, 0.3) is 0 Å². The third-order valence-corrected chi connectivity index (χ3v) is 3.92. The van der Waals surface area contributed by atoms with Crippen molar-refractivity contribution in [1.82, 2.24) is 4.98 Å². The maximum absolute atomic E-state index is 12.9. The highest BCUT2D eigenvalue weighted by molar-refractivity contribution is 7.99. The summed E-state index contributed by atoms with van der Waals surface area (Å²) in [7, 11) is 0. The number of rotatable bonds is 3. The van der Waals surface area contributed by atoms with Crippen LogP contribution in [0.1, 0.15) is 23.3 Å². The Morgan fingerprint density at radius 1 is 1.30 bits per heavy atom. The second-order valence-corrected chi connectivity index (χ2v) is 5.57. The number of anilines is 2. The summed E-state index contributed by atoms with van der Waals surface area (Å²) < 4.78 is 12.9. The number of aromatic nitrogens is 1. The molecule has 0 fully saturated rings. The van der Waals surface area contributed by atoms with Crippen molar-refractivity contribution >= 4 is 23.3 Å². The quantitative estimate of drug-likeness (QED) is 0.847. The summed E-state index contributed by atoms with van der Waals surface area (Å²) in [5.74, 6) is -0.00899. The lowest BCUT2D eigenvalue weighted by Gasteiger charge is -2.13.